The van der Waals surface area contributed by atoms with E-state index in [0.717, 1.165) is 0 Å². The fourth-order valence-electron chi connectivity index (χ4n) is 0.170. The molecule has 0 heterocycles. The zero-order valence-electron chi connectivity index (χ0n) is 4.76. The summed E-state index contributed by atoms with van der Waals surface area (Å²) in [6.45, 7) is 0. The van der Waals surface area contributed by atoms with Gasteiger partial charge in [-0.3, -0.25) is 9.13 Å². The molecule has 14 heavy (non-hydrogen) atoms. The molecule has 0 aromatic carbocycles. The molecule has 0 atom stereocenters. The van der Waals surface area contributed by atoms with Crippen LogP contribution in [-0.2, 0) is 9.13 Å². The van der Waals surface area contributed by atoms with Gasteiger partial charge in [-0.1, -0.05) is 0 Å². The van der Waals surface area contributed by atoms with E-state index in [1.807, 2.05) is 0 Å². The van der Waals surface area contributed by atoms with Crippen LogP contribution in [0.25, 0.3) is 0 Å². The van der Waals surface area contributed by atoms with Crippen molar-refractivity contribution >= 4 is 104 Å². The zero-order chi connectivity index (χ0) is 9.50. The van der Waals surface area contributed by atoms with Gasteiger partial charge in [0.1, 0.15) is 0 Å². The molecule has 0 aliphatic heterocycles. The third kappa shape index (κ3) is 6.79. The van der Waals surface area contributed by atoms with Crippen molar-refractivity contribution in [2.75, 3.05) is 0 Å². The molecule has 0 bridgehead atoms. The molecule has 0 radical (unpaired) electrons. The number of alkyl halides is 2. The molecule has 0 spiro atoms. The fraction of sp³-hybridized carbons (Fsp3) is 1.00. The SMILES string of the molecule is O=P(O)(O)C(F)(F)P(=O)(O)O.[NaH].[NaH].[NaH]. The minimum atomic E-state index is -6.09. The predicted molar refractivity (Wildman–Crippen MR) is 50.5 cm³/mol. The molecule has 0 saturated heterocycles. The van der Waals surface area contributed by atoms with Crippen molar-refractivity contribution in [3.05, 3.63) is 0 Å². The van der Waals surface area contributed by atoms with Crippen LogP contribution in [0.2, 0.25) is 0 Å². The Kier molecular flexibility index (Phi) is 15.3. The van der Waals surface area contributed by atoms with Gasteiger partial charge in [-0.05, 0) is 0 Å². The first-order valence-corrected chi connectivity index (χ1v) is 5.22. The number of rotatable bonds is 2. The van der Waals surface area contributed by atoms with Crippen LogP contribution < -0.4 is 0 Å². The van der Waals surface area contributed by atoms with E-state index in [9.17, 15) is 17.9 Å². The molecule has 0 aromatic heterocycles. The Hall–Kier alpha value is 3.16. The summed E-state index contributed by atoms with van der Waals surface area (Å²) < 4.78 is 43.3. The van der Waals surface area contributed by atoms with Gasteiger partial charge in [0.15, 0.2) is 0 Å². The van der Waals surface area contributed by atoms with E-state index >= 15 is 0 Å². The van der Waals surface area contributed by atoms with Gasteiger partial charge >= 0.3 is 109 Å². The van der Waals surface area contributed by atoms with Crippen molar-refractivity contribution in [1.82, 2.24) is 0 Å². The Morgan fingerprint density at radius 3 is 0.929 bits per heavy atom. The van der Waals surface area contributed by atoms with Crippen LogP contribution in [-0.4, -0.2) is 114 Å². The van der Waals surface area contributed by atoms with Gasteiger partial charge in [0.2, 0.25) is 0 Å². The summed E-state index contributed by atoms with van der Waals surface area (Å²) in [5.74, 6) is 0. The van der Waals surface area contributed by atoms with Crippen molar-refractivity contribution in [2.45, 2.75) is 5.40 Å². The topological polar surface area (TPSA) is 115 Å². The van der Waals surface area contributed by atoms with Gasteiger partial charge in [0.05, 0.1) is 0 Å². The van der Waals surface area contributed by atoms with Crippen molar-refractivity contribution in [3.8, 4) is 0 Å². The first kappa shape index (κ1) is 25.9. The van der Waals surface area contributed by atoms with Gasteiger partial charge in [0, 0.05) is 0 Å². The summed E-state index contributed by atoms with van der Waals surface area (Å²) in [4.78, 5) is 31.0. The minimum absolute atomic E-state index is 0. The van der Waals surface area contributed by atoms with E-state index in [-0.39, 0.29) is 88.7 Å². The average Bonchev–Trinajstić information content (AvgIpc) is 1.58. The third-order valence-electron chi connectivity index (χ3n) is 0.701. The second kappa shape index (κ2) is 8.29. The van der Waals surface area contributed by atoms with Crippen LogP contribution >= 0.6 is 15.2 Å². The summed E-state index contributed by atoms with van der Waals surface area (Å²) in [5.41, 5.74) is 0. The van der Waals surface area contributed by atoms with E-state index in [1.54, 1.807) is 0 Å². The standard InChI is InChI=1S/CH4F2O6P2.3Na.3H/c2-1(3,10(4,5)6)11(7,8)9;;;;;;/h(H2,4,5,6)(H2,7,8,9);;;;;;. The Morgan fingerprint density at radius 2 is 0.929 bits per heavy atom. The molecule has 0 aliphatic carbocycles. The Balaban J connectivity index is -0.000000167. The van der Waals surface area contributed by atoms with Gasteiger partial charge < -0.3 is 19.6 Å². The van der Waals surface area contributed by atoms with Crippen LogP contribution in [0.15, 0.2) is 0 Å². The van der Waals surface area contributed by atoms with E-state index in [1.165, 1.54) is 0 Å². The van der Waals surface area contributed by atoms with Crippen molar-refractivity contribution in [3.63, 3.8) is 0 Å². The molecule has 0 fully saturated rings. The molecule has 0 amide bonds. The van der Waals surface area contributed by atoms with E-state index in [2.05, 4.69) is 0 Å². The van der Waals surface area contributed by atoms with Crippen molar-refractivity contribution in [2.24, 2.45) is 0 Å². The Morgan fingerprint density at radius 1 is 0.786 bits per heavy atom. The fourth-order valence-corrected chi connectivity index (χ4v) is 1.53. The van der Waals surface area contributed by atoms with Gasteiger partial charge in [-0.25, -0.2) is 0 Å². The van der Waals surface area contributed by atoms with Crippen LogP contribution in [0, 0.1) is 0 Å². The molecule has 0 saturated carbocycles. The molecular weight excluding hydrogens is 277 g/mol. The zero-order valence-corrected chi connectivity index (χ0v) is 6.54. The van der Waals surface area contributed by atoms with Gasteiger partial charge in [0.25, 0.3) is 0 Å². The Labute approximate surface area is 144 Å². The summed E-state index contributed by atoms with van der Waals surface area (Å²) in [6, 6.07) is 0. The summed E-state index contributed by atoms with van der Waals surface area (Å²) in [6.07, 6.45) is 0. The summed E-state index contributed by atoms with van der Waals surface area (Å²) in [5, 5.41) is -5.29. The van der Waals surface area contributed by atoms with Crippen LogP contribution in [0.4, 0.5) is 8.78 Å². The monoisotopic (exact) mass is 284 g/mol. The van der Waals surface area contributed by atoms with Crippen LogP contribution in [0.1, 0.15) is 0 Å². The summed E-state index contributed by atoms with van der Waals surface area (Å²) in [7, 11) is -12.2. The number of hydrogen-bond donors (Lipinski definition) is 4. The molecule has 6 nitrogen and oxygen atoms in total. The average molecular weight is 284 g/mol. The van der Waals surface area contributed by atoms with E-state index < -0.39 is 20.6 Å². The number of hydrogen-bond acceptors (Lipinski definition) is 2. The molecule has 0 unspecified atom stereocenters. The van der Waals surface area contributed by atoms with Gasteiger partial charge in [-0.2, -0.15) is 8.78 Å². The second-order valence-electron chi connectivity index (χ2n) is 1.60. The molecule has 74 valence electrons. The quantitative estimate of drug-likeness (QED) is 0.342. The normalized spacial score (nSPS) is 11.9. The maximum atomic E-state index is 11.9. The second-order valence-corrected chi connectivity index (χ2v) is 5.25. The molecule has 0 aromatic rings. The van der Waals surface area contributed by atoms with Crippen LogP contribution in [0.3, 0.4) is 0 Å². The number of halogens is 2. The third-order valence-corrected chi connectivity index (χ3v) is 3.67. The van der Waals surface area contributed by atoms with Crippen LogP contribution in [0.5, 0.6) is 0 Å². The van der Waals surface area contributed by atoms with E-state index in [0.29, 0.717) is 0 Å². The predicted octanol–water partition coefficient (Wildman–Crippen LogP) is -2.05. The van der Waals surface area contributed by atoms with Crippen molar-refractivity contribution < 1.29 is 37.5 Å². The van der Waals surface area contributed by atoms with Crippen molar-refractivity contribution in [1.29, 1.82) is 0 Å². The molecule has 4 N–H and O–H groups in total. The molecule has 0 rings (SSSR count). The Bertz CT molecular complexity index is 221. The van der Waals surface area contributed by atoms with E-state index in [4.69, 9.17) is 19.6 Å². The molecule has 0 aliphatic rings. The molecular formula is CH7F2Na3O6P2. The first-order chi connectivity index (χ1) is 4.50. The first-order valence-electron chi connectivity index (χ1n) is 1.99. The molecule has 13 heteroatoms. The maximum absolute atomic E-state index is 11.9. The van der Waals surface area contributed by atoms with Gasteiger partial charge in [-0.15, -0.1) is 0 Å². The summed E-state index contributed by atoms with van der Waals surface area (Å²) >= 11 is 0.